The zero-order valence-corrected chi connectivity index (χ0v) is 11.2. The van der Waals surface area contributed by atoms with Crippen LogP contribution in [0.25, 0.3) is 0 Å². The van der Waals surface area contributed by atoms with Gasteiger partial charge in [-0.1, -0.05) is 0 Å². The minimum absolute atomic E-state index is 0.378. The van der Waals surface area contributed by atoms with Crippen LogP contribution in [-0.2, 0) is 17.6 Å². The van der Waals surface area contributed by atoms with Crippen LogP contribution < -0.4 is 5.73 Å². The molecule has 2 N–H and O–H groups in total. The molecule has 1 aromatic heterocycles. The van der Waals surface area contributed by atoms with Gasteiger partial charge in [-0.2, -0.15) is 0 Å². The summed E-state index contributed by atoms with van der Waals surface area (Å²) in [5.74, 6) is 2.08. The molecule has 2 bridgehead atoms. The Labute approximate surface area is 113 Å². The first-order chi connectivity index (χ1) is 9.33. The number of aryl methyl sites for hydroxylation is 1. The van der Waals surface area contributed by atoms with Crippen molar-refractivity contribution in [1.29, 1.82) is 0 Å². The fourth-order valence-corrected chi connectivity index (χ4v) is 3.89. The molecule has 2 aliphatic heterocycles. The van der Waals surface area contributed by atoms with Gasteiger partial charge in [0.1, 0.15) is 5.82 Å². The Morgan fingerprint density at radius 2 is 2.26 bits per heavy atom. The molecule has 3 heterocycles. The lowest BCUT2D eigenvalue weighted by atomic mass is 9.86. The summed E-state index contributed by atoms with van der Waals surface area (Å²) in [5, 5.41) is 0. The van der Waals surface area contributed by atoms with Crippen LogP contribution in [0, 0.1) is 5.92 Å². The van der Waals surface area contributed by atoms with E-state index in [1.807, 2.05) is 6.20 Å². The Balaban J connectivity index is 1.59. The predicted octanol–water partition coefficient (Wildman–Crippen LogP) is 1.58. The van der Waals surface area contributed by atoms with Crippen LogP contribution in [0.2, 0.25) is 0 Å². The van der Waals surface area contributed by atoms with E-state index >= 15 is 0 Å². The van der Waals surface area contributed by atoms with Crippen molar-refractivity contribution in [3.05, 3.63) is 23.3 Å². The molecule has 4 atom stereocenters. The standard InChI is InChI=1S/C15H21N3O/c16-7-9-1-3-13-10(5-9)8-17-15(18-13)12-6-11-2-4-14(12)19-11/h8-9,11-12,14H,1-7,16H2. The van der Waals surface area contributed by atoms with Crippen LogP contribution in [0.15, 0.2) is 6.20 Å². The summed E-state index contributed by atoms with van der Waals surface area (Å²) in [6.45, 7) is 0.779. The van der Waals surface area contributed by atoms with Gasteiger partial charge in [0.25, 0.3) is 0 Å². The van der Waals surface area contributed by atoms with Crippen molar-refractivity contribution in [3.8, 4) is 0 Å². The predicted molar refractivity (Wildman–Crippen MR) is 71.9 cm³/mol. The minimum atomic E-state index is 0.378. The molecule has 1 aromatic rings. The van der Waals surface area contributed by atoms with Gasteiger partial charge in [-0.15, -0.1) is 0 Å². The van der Waals surface area contributed by atoms with Gasteiger partial charge in [-0.05, 0) is 56.6 Å². The van der Waals surface area contributed by atoms with Gasteiger partial charge in [-0.3, -0.25) is 0 Å². The van der Waals surface area contributed by atoms with E-state index in [0.717, 1.165) is 31.6 Å². The van der Waals surface area contributed by atoms with Crippen LogP contribution in [0.3, 0.4) is 0 Å². The summed E-state index contributed by atoms with van der Waals surface area (Å²) in [6, 6.07) is 0. The SMILES string of the molecule is NCC1CCc2nc(C3CC4CCC3O4)ncc2C1. The summed E-state index contributed by atoms with van der Waals surface area (Å²) in [6.07, 6.45) is 9.72. The fourth-order valence-electron chi connectivity index (χ4n) is 3.89. The van der Waals surface area contributed by atoms with Crippen molar-refractivity contribution >= 4 is 0 Å². The lowest BCUT2D eigenvalue weighted by Gasteiger charge is -2.24. The number of nitrogens with zero attached hydrogens (tertiary/aromatic N) is 2. The smallest absolute Gasteiger partial charge is 0.134 e. The summed E-state index contributed by atoms with van der Waals surface area (Å²) in [4.78, 5) is 9.48. The zero-order chi connectivity index (χ0) is 12.8. The first-order valence-electron chi connectivity index (χ1n) is 7.53. The quantitative estimate of drug-likeness (QED) is 0.876. The average Bonchev–Trinajstić information content (AvgIpc) is 3.09. The first kappa shape index (κ1) is 11.8. The fraction of sp³-hybridized carbons (Fsp3) is 0.733. The van der Waals surface area contributed by atoms with Crippen molar-refractivity contribution in [1.82, 2.24) is 9.97 Å². The van der Waals surface area contributed by atoms with Crippen molar-refractivity contribution < 1.29 is 4.74 Å². The molecule has 0 aromatic carbocycles. The van der Waals surface area contributed by atoms with Crippen molar-refractivity contribution in [3.63, 3.8) is 0 Å². The number of aromatic nitrogens is 2. The maximum Gasteiger partial charge on any atom is 0.134 e. The normalized spacial score (nSPS) is 36.5. The second-order valence-corrected chi connectivity index (χ2v) is 6.26. The highest BCUT2D eigenvalue weighted by molar-refractivity contribution is 5.23. The van der Waals surface area contributed by atoms with E-state index in [1.165, 1.54) is 30.5 Å². The van der Waals surface area contributed by atoms with Gasteiger partial charge in [0.2, 0.25) is 0 Å². The molecule has 4 nitrogen and oxygen atoms in total. The van der Waals surface area contributed by atoms with E-state index < -0.39 is 0 Å². The molecular weight excluding hydrogens is 238 g/mol. The van der Waals surface area contributed by atoms with Crippen molar-refractivity contribution in [2.75, 3.05) is 6.54 Å². The Bertz CT molecular complexity index is 490. The Kier molecular flexibility index (Phi) is 2.81. The maximum atomic E-state index is 5.92. The topological polar surface area (TPSA) is 61.0 Å². The monoisotopic (exact) mass is 259 g/mol. The molecule has 3 aliphatic rings. The maximum absolute atomic E-state index is 5.92. The van der Waals surface area contributed by atoms with Crippen LogP contribution in [0.4, 0.5) is 0 Å². The van der Waals surface area contributed by atoms with Crippen molar-refractivity contribution in [2.45, 2.75) is 56.7 Å². The van der Waals surface area contributed by atoms with Gasteiger partial charge in [0.05, 0.1) is 12.2 Å². The molecule has 2 saturated heterocycles. The molecule has 0 saturated carbocycles. The molecule has 4 rings (SSSR count). The van der Waals surface area contributed by atoms with E-state index in [0.29, 0.717) is 24.0 Å². The molecule has 0 amide bonds. The molecule has 2 fully saturated rings. The molecule has 4 unspecified atom stereocenters. The Morgan fingerprint density at radius 3 is 3.00 bits per heavy atom. The number of rotatable bonds is 2. The molecule has 102 valence electrons. The number of hydrogen-bond acceptors (Lipinski definition) is 4. The highest BCUT2D eigenvalue weighted by atomic mass is 16.5. The second-order valence-electron chi connectivity index (χ2n) is 6.26. The summed E-state index contributed by atoms with van der Waals surface area (Å²) in [5.41, 5.74) is 8.35. The average molecular weight is 259 g/mol. The van der Waals surface area contributed by atoms with E-state index in [-0.39, 0.29) is 0 Å². The molecule has 4 heteroatoms. The third kappa shape index (κ3) is 1.98. The molecular formula is C15H21N3O. The molecule has 0 radical (unpaired) electrons. The Morgan fingerprint density at radius 1 is 1.32 bits per heavy atom. The summed E-state index contributed by atoms with van der Waals surface area (Å²) >= 11 is 0. The second kappa shape index (κ2) is 4.53. The van der Waals surface area contributed by atoms with Gasteiger partial charge in [0.15, 0.2) is 0 Å². The number of fused-ring (bicyclic) bond motifs is 3. The zero-order valence-electron chi connectivity index (χ0n) is 11.2. The molecule has 19 heavy (non-hydrogen) atoms. The van der Waals surface area contributed by atoms with Gasteiger partial charge < -0.3 is 10.5 Å². The highest BCUT2D eigenvalue weighted by Gasteiger charge is 2.43. The lowest BCUT2D eigenvalue weighted by Crippen LogP contribution is -2.24. The van der Waals surface area contributed by atoms with Crippen LogP contribution in [0.1, 0.15) is 48.7 Å². The molecule has 0 spiro atoms. The number of nitrogens with two attached hydrogens (primary N) is 1. The van der Waals surface area contributed by atoms with E-state index in [2.05, 4.69) is 4.98 Å². The lowest BCUT2D eigenvalue weighted by molar-refractivity contribution is 0.0998. The molecule has 1 aliphatic carbocycles. The van der Waals surface area contributed by atoms with Crippen LogP contribution in [-0.4, -0.2) is 28.7 Å². The first-order valence-corrected chi connectivity index (χ1v) is 7.53. The number of ether oxygens (including phenoxy) is 1. The van der Waals surface area contributed by atoms with Crippen LogP contribution >= 0.6 is 0 Å². The largest absolute Gasteiger partial charge is 0.374 e. The third-order valence-corrected chi connectivity index (χ3v) is 5.04. The third-order valence-electron chi connectivity index (χ3n) is 5.04. The number of hydrogen-bond donors (Lipinski definition) is 1. The van der Waals surface area contributed by atoms with Crippen LogP contribution in [0.5, 0.6) is 0 Å². The summed E-state index contributed by atoms with van der Waals surface area (Å²) in [7, 11) is 0. The van der Waals surface area contributed by atoms with Crippen molar-refractivity contribution in [2.24, 2.45) is 11.7 Å². The van der Waals surface area contributed by atoms with Gasteiger partial charge in [-0.25, -0.2) is 9.97 Å². The van der Waals surface area contributed by atoms with E-state index in [1.54, 1.807) is 0 Å². The Hall–Kier alpha value is -1.00. The van der Waals surface area contributed by atoms with E-state index in [9.17, 15) is 0 Å². The highest BCUT2D eigenvalue weighted by Crippen LogP contribution is 2.43. The minimum Gasteiger partial charge on any atom is -0.374 e. The summed E-state index contributed by atoms with van der Waals surface area (Å²) < 4.78 is 5.92. The van der Waals surface area contributed by atoms with Gasteiger partial charge in [0, 0.05) is 17.8 Å². The van der Waals surface area contributed by atoms with E-state index in [4.69, 9.17) is 15.5 Å². The van der Waals surface area contributed by atoms with Gasteiger partial charge >= 0.3 is 0 Å².